The number of aliphatic hydroxyl groups excluding tert-OH is 3. The largest absolute Gasteiger partial charge is 0.392 e. The van der Waals surface area contributed by atoms with Crippen LogP contribution < -0.4 is 81.4 Å². The molecule has 3 rings (SSSR count). The van der Waals surface area contributed by atoms with Gasteiger partial charge in [0.05, 0.1) is 24.4 Å². The van der Waals surface area contributed by atoms with Crippen LogP contribution in [0.25, 0.3) is 0 Å². The summed E-state index contributed by atoms with van der Waals surface area (Å²) in [7, 11) is 0. The average Bonchev–Trinajstić information content (AvgIpc) is 3.82. The summed E-state index contributed by atoms with van der Waals surface area (Å²) in [5, 5.41) is 59.5. The highest BCUT2D eigenvalue weighted by Crippen LogP contribution is 2.13. The van der Waals surface area contributed by atoms with Gasteiger partial charge >= 0.3 is 0 Å². The van der Waals surface area contributed by atoms with Gasteiger partial charge in [0.15, 0.2) is 0 Å². The minimum absolute atomic E-state index is 0.0391. The van der Waals surface area contributed by atoms with Gasteiger partial charge in [-0.15, -0.1) is 0 Å². The molecule has 0 radical (unpaired) electrons. The van der Waals surface area contributed by atoms with Crippen LogP contribution in [0.2, 0.25) is 0 Å². The van der Waals surface area contributed by atoms with Crippen molar-refractivity contribution in [1.29, 1.82) is 0 Å². The third-order valence-corrected chi connectivity index (χ3v) is 13.0. The smallest absolute Gasteiger partial charge is 0.245 e. The van der Waals surface area contributed by atoms with Crippen molar-refractivity contribution in [1.82, 2.24) is 58.5 Å². The van der Waals surface area contributed by atoms with E-state index in [0.717, 1.165) is 0 Å². The normalized spacial score (nSPS) is 26.7. The van der Waals surface area contributed by atoms with E-state index in [1.54, 1.807) is 51.1 Å². The highest BCUT2D eigenvalue weighted by Gasteiger charge is 2.39. The van der Waals surface area contributed by atoms with Crippen LogP contribution in [0.15, 0.2) is 30.3 Å². The lowest BCUT2D eigenvalue weighted by molar-refractivity contribution is -0.136. The van der Waals surface area contributed by atoms with Gasteiger partial charge < -0.3 is 96.7 Å². The molecular formula is C49H83N15O13. The van der Waals surface area contributed by atoms with E-state index in [-0.39, 0.29) is 77.2 Å². The molecule has 2 unspecified atom stereocenters. The molecule has 1 aromatic carbocycles. The number of rotatable bonds is 20. The van der Waals surface area contributed by atoms with Crippen LogP contribution in [0.4, 0.5) is 0 Å². The summed E-state index contributed by atoms with van der Waals surface area (Å²) in [4.78, 5) is 140. The Labute approximate surface area is 448 Å². The number of aliphatic hydroxyl groups is 3. The number of benzene rings is 1. The van der Waals surface area contributed by atoms with Crippen molar-refractivity contribution in [3.8, 4) is 0 Å². The molecule has 0 aliphatic carbocycles. The second-order valence-electron chi connectivity index (χ2n) is 20.0. The van der Waals surface area contributed by atoms with Crippen LogP contribution in [0, 0.1) is 11.8 Å². The standard InChI is InChI=1S/C49H83N15O13/c1-24(2)19-35-46(74)62-37(25(3)22-53)48(76)58-32(13-17-52)43(71)63-38(26(4)65)47(75)54-18-14-33(42(70)56-30(11-15-50)41(69)61-36(45(73)60-35)20-28-9-7-6-8-10-28)57-40(68)31(12-16-51)59-49(77)39(27(5)66)64-44(72)34-21-29(67)23-55-34/h6-10,24-27,29-39,55,65-67H,11-23,50-53H2,1-5H3,(H,54,75)(H,56,70)(H,57,68)(H,58,76)(H,59,77)(H,60,73)(H,61,69)(H,62,74)(H,63,71)(H,64,72)/t25-,26?,27?,29-,30+,31+,32+,33+,34+,35+,36-,37+,38+,39+/m1/s1. The van der Waals surface area contributed by atoms with Crippen molar-refractivity contribution in [2.75, 3.05) is 39.3 Å². The third-order valence-electron chi connectivity index (χ3n) is 13.0. The number of hydrogen-bond acceptors (Lipinski definition) is 18. The second-order valence-corrected chi connectivity index (χ2v) is 20.0. The van der Waals surface area contributed by atoms with Crippen LogP contribution in [0.5, 0.6) is 0 Å². The SMILES string of the molecule is CC(C)C[C@@H]1NC(=O)[C@@H](Cc2ccccc2)NC(=O)[C@H](CCN)NC(=O)[C@@H](NC(=O)[C@H](CCN)NC(=O)[C@@H](NC(=O)[C@@H]2C[C@@H](O)CN2)C(C)O)CCNC(=O)[C@H](C(C)O)NC(=O)[C@H](CCN)NC(=O)[C@H]([C@H](C)CN)NC1=O. The highest BCUT2D eigenvalue weighted by molar-refractivity contribution is 5.99. The number of hydrogen-bond donors (Lipinski definition) is 18. The zero-order chi connectivity index (χ0) is 57.5. The Morgan fingerprint density at radius 2 is 1.22 bits per heavy atom. The quantitative estimate of drug-likeness (QED) is 0.0577. The second kappa shape index (κ2) is 32.4. The summed E-state index contributed by atoms with van der Waals surface area (Å²) in [6, 6.07) is -5.71. The lowest BCUT2D eigenvalue weighted by Crippen LogP contribution is -2.62. The third kappa shape index (κ3) is 20.8. The summed E-state index contributed by atoms with van der Waals surface area (Å²) in [5.41, 5.74) is 24.2. The molecule has 2 aliphatic heterocycles. The first kappa shape index (κ1) is 64.9. The molecule has 22 N–H and O–H groups in total. The first-order valence-electron chi connectivity index (χ1n) is 26.1. The predicted molar refractivity (Wildman–Crippen MR) is 280 cm³/mol. The molecule has 0 aromatic heterocycles. The van der Waals surface area contributed by atoms with E-state index in [2.05, 4.69) is 58.5 Å². The Bertz CT molecular complexity index is 2160. The minimum Gasteiger partial charge on any atom is -0.392 e. The maximum absolute atomic E-state index is 14.4. The van der Waals surface area contributed by atoms with Crippen molar-refractivity contribution in [2.24, 2.45) is 34.8 Å². The number of β-amino-alcohol motifs (C(OH)–C–C–N with tert-alkyl or cyclic N) is 1. The van der Waals surface area contributed by atoms with Crippen molar-refractivity contribution < 1.29 is 63.3 Å². The van der Waals surface area contributed by atoms with Crippen LogP contribution >= 0.6 is 0 Å². The van der Waals surface area contributed by atoms with Gasteiger partial charge in [0.1, 0.15) is 54.4 Å². The van der Waals surface area contributed by atoms with Crippen LogP contribution in [-0.2, 0) is 54.4 Å². The zero-order valence-corrected chi connectivity index (χ0v) is 44.5. The van der Waals surface area contributed by atoms with Gasteiger partial charge in [-0.05, 0) is 96.0 Å². The lowest BCUT2D eigenvalue weighted by Gasteiger charge is -2.30. The molecule has 2 aliphatic rings. The maximum atomic E-state index is 14.4. The summed E-state index contributed by atoms with van der Waals surface area (Å²) < 4.78 is 0. The van der Waals surface area contributed by atoms with Crippen molar-refractivity contribution in [3.05, 3.63) is 35.9 Å². The molecule has 77 heavy (non-hydrogen) atoms. The lowest BCUT2D eigenvalue weighted by atomic mass is 9.97. The molecule has 0 saturated carbocycles. The van der Waals surface area contributed by atoms with Crippen molar-refractivity contribution >= 4 is 59.1 Å². The Morgan fingerprint density at radius 1 is 0.662 bits per heavy atom. The average molecular weight is 1090 g/mol. The fraction of sp³-hybridized carbons (Fsp3) is 0.673. The van der Waals surface area contributed by atoms with Gasteiger partial charge in [0.2, 0.25) is 59.1 Å². The van der Waals surface area contributed by atoms with Gasteiger partial charge in [-0.25, -0.2) is 0 Å². The van der Waals surface area contributed by atoms with E-state index < -0.39 is 157 Å². The minimum atomic E-state index is -1.68. The first-order chi connectivity index (χ1) is 36.4. The number of nitrogens with two attached hydrogens (primary N) is 4. The van der Waals surface area contributed by atoms with Gasteiger partial charge in [-0.3, -0.25) is 47.9 Å². The monoisotopic (exact) mass is 1090 g/mol. The van der Waals surface area contributed by atoms with Crippen LogP contribution in [0.1, 0.15) is 78.7 Å². The van der Waals surface area contributed by atoms with E-state index >= 15 is 0 Å². The Hall–Kier alpha value is -6.40. The first-order valence-corrected chi connectivity index (χ1v) is 26.1. The molecule has 28 nitrogen and oxygen atoms in total. The van der Waals surface area contributed by atoms with E-state index in [0.29, 0.717) is 5.56 Å². The fourth-order valence-corrected chi connectivity index (χ4v) is 8.49. The number of nitrogens with one attached hydrogen (secondary N) is 11. The summed E-state index contributed by atoms with van der Waals surface area (Å²) >= 11 is 0. The fourth-order valence-electron chi connectivity index (χ4n) is 8.49. The van der Waals surface area contributed by atoms with Crippen molar-refractivity contribution in [3.63, 3.8) is 0 Å². The van der Waals surface area contributed by atoms with Gasteiger partial charge in [0.25, 0.3) is 0 Å². The van der Waals surface area contributed by atoms with E-state index in [9.17, 15) is 63.3 Å². The Kier molecular flexibility index (Phi) is 27.3. The molecule has 14 atom stereocenters. The van der Waals surface area contributed by atoms with E-state index in [1.165, 1.54) is 13.8 Å². The molecule has 1 aromatic rings. The highest BCUT2D eigenvalue weighted by atomic mass is 16.3. The summed E-state index contributed by atoms with van der Waals surface area (Å²) in [5.74, 6) is -10.00. The molecule has 432 valence electrons. The van der Waals surface area contributed by atoms with Gasteiger partial charge in [-0.2, -0.15) is 0 Å². The van der Waals surface area contributed by atoms with Gasteiger partial charge in [0, 0.05) is 19.5 Å². The number of carbonyl (C=O) groups is 10. The number of amides is 10. The van der Waals surface area contributed by atoms with Crippen LogP contribution in [-0.4, -0.2) is 192 Å². The topological polar surface area (TPSA) is 468 Å². The molecule has 2 fully saturated rings. The van der Waals surface area contributed by atoms with E-state index in [1.807, 2.05) is 0 Å². The molecule has 28 heteroatoms. The molecule has 10 amide bonds. The molecule has 0 bridgehead atoms. The predicted octanol–water partition coefficient (Wildman–Crippen LogP) is -7.72. The van der Waals surface area contributed by atoms with E-state index in [4.69, 9.17) is 22.9 Å². The Balaban J connectivity index is 2.12. The number of carbonyl (C=O) groups excluding carboxylic acids is 10. The molecule has 2 heterocycles. The summed E-state index contributed by atoms with van der Waals surface area (Å²) in [6.07, 6.45) is -4.97. The summed E-state index contributed by atoms with van der Waals surface area (Å²) in [6.45, 7) is 6.61. The van der Waals surface area contributed by atoms with Crippen LogP contribution in [0.3, 0.4) is 0 Å². The zero-order valence-electron chi connectivity index (χ0n) is 44.5. The molecule has 2 saturated heterocycles. The maximum Gasteiger partial charge on any atom is 0.245 e. The van der Waals surface area contributed by atoms with Gasteiger partial charge in [-0.1, -0.05) is 51.1 Å². The van der Waals surface area contributed by atoms with Crippen molar-refractivity contribution in [2.45, 2.75) is 158 Å². The Morgan fingerprint density at radius 3 is 1.77 bits per heavy atom. The molecular weight excluding hydrogens is 1010 g/mol. The molecule has 0 spiro atoms.